The van der Waals surface area contributed by atoms with Gasteiger partial charge in [-0.25, -0.2) is 0 Å². The molecule has 1 atom stereocenters. The van der Waals surface area contributed by atoms with Gasteiger partial charge in [0.1, 0.15) is 0 Å². The van der Waals surface area contributed by atoms with E-state index in [1.54, 1.807) is 6.26 Å². The molecular formula is C12H14N2O. The molecule has 1 aliphatic rings. The molecule has 0 aliphatic carbocycles. The quantitative estimate of drug-likeness (QED) is 0.784. The Balaban J connectivity index is 1.92. The number of nitrogens with one attached hydrogen (secondary N) is 2. The van der Waals surface area contributed by atoms with Crippen LogP contribution in [-0.4, -0.2) is 19.1 Å². The number of anilines is 1. The minimum Gasteiger partial charge on any atom is -0.462 e. The molecule has 0 spiro atoms. The molecule has 3 rings (SSSR count). The van der Waals surface area contributed by atoms with Crippen LogP contribution in [-0.2, 0) is 0 Å². The highest BCUT2D eigenvalue weighted by atomic mass is 16.3. The minimum absolute atomic E-state index is 0.528. The largest absolute Gasteiger partial charge is 0.462 e. The number of rotatable bonds is 2. The molecule has 1 unspecified atom stereocenters. The van der Waals surface area contributed by atoms with Crippen LogP contribution in [0.2, 0.25) is 0 Å². The molecule has 2 heterocycles. The zero-order valence-corrected chi connectivity index (χ0v) is 8.49. The molecule has 15 heavy (non-hydrogen) atoms. The molecule has 2 N–H and O–H groups in total. The predicted molar refractivity (Wildman–Crippen MR) is 61.1 cm³/mol. The molecule has 0 saturated carbocycles. The van der Waals surface area contributed by atoms with Gasteiger partial charge in [-0.3, -0.25) is 0 Å². The fourth-order valence-electron chi connectivity index (χ4n) is 2.10. The summed E-state index contributed by atoms with van der Waals surface area (Å²) in [4.78, 5) is 0. The lowest BCUT2D eigenvalue weighted by Crippen LogP contribution is -2.22. The zero-order valence-electron chi connectivity index (χ0n) is 8.49. The van der Waals surface area contributed by atoms with E-state index in [2.05, 4.69) is 28.8 Å². The van der Waals surface area contributed by atoms with E-state index in [9.17, 15) is 0 Å². The van der Waals surface area contributed by atoms with Gasteiger partial charge in [0.15, 0.2) is 5.58 Å². The summed E-state index contributed by atoms with van der Waals surface area (Å²) in [6.45, 7) is 2.14. The van der Waals surface area contributed by atoms with E-state index in [0.29, 0.717) is 6.04 Å². The molecule has 3 nitrogen and oxygen atoms in total. The lowest BCUT2D eigenvalue weighted by Gasteiger charge is -2.12. The average Bonchev–Trinajstić information content (AvgIpc) is 2.87. The third-order valence-corrected chi connectivity index (χ3v) is 2.90. The molecule has 0 radical (unpaired) electrons. The minimum atomic E-state index is 0.528. The zero-order chi connectivity index (χ0) is 10.1. The van der Waals surface area contributed by atoms with Crippen molar-refractivity contribution in [3.8, 4) is 0 Å². The third kappa shape index (κ3) is 1.59. The van der Waals surface area contributed by atoms with E-state index >= 15 is 0 Å². The first kappa shape index (κ1) is 8.80. The van der Waals surface area contributed by atoms with Crippen molar-refractivity contribution in [1.29, 1.82) is 0 Å². The molecule has 3 heteroatoms. The highest BCUT2D eigenvalue weighted by molar-refractivity contribution is 5.89. The van der Waals surface area contributed by atoms with Crippen molar-refractivity contribution >= 4 is 16.7 Å². The van der Waals surface area contributed by atoms with Crippen molar-refractivity contribution in [1.82, 2.24) is 5.32 Å². The van der Waals surface area contributed by atoms with Crippen LogP contribution in [0.1, 0.15) is 6.42 Å². The number of benzene rings is 1. The first-order valence-corrected chi connectivity index (χ1v) is 5.37. The van der Waals surface area contributed by atoms with Gasteiger partial charge in [-0.1, -0.05) is 12.1 Å². The van der Waals surface area contributed by atoms with Crippen LogP contribution >= 0.6 is 0 Å². The number of hydrogen-bond donors (Lipinski definition) is 2. The van der Waals surface area contributed by atoms with Crippen LogP contribution < -0.4 is 10.6 Å². The van der Waals surface area contributed by atoms with E-state index in [4.69, 9.17) is 4.42 Å². The SMILES string of the molecule is c1cc(NC2CCNC2)c2occc2c1. The van der Waals surface area contributed by atoms with Gasteiger partial charge < -0.3 is 15.1 Å². The highest BCUT2D eigenvalue weighted by Crippen LogP contribution is 2.25. The molecule has 1 saturated heterocycles. The summed E-state index contributed by atoms with van der Waals surface area (Å²) in [6.07, 6.45) is 2.92. The Labute approximate surface area is 88.5 Å². The predicted octanol–water partition coefficient (Wildman–Crippen LogP) is 2.21. The van der Waals surface area contributed by atoms with Gasteiger partial charge in [0.05, 0.1) is 12.0 Å². The van der Waals surface area contributed by atoms with Gasteiger partial charge in [-0.2, -0.15) is 0 Å². The van der Waals surface area contributed by atoms with Gasteiger partial charge in [0.25, 0.3) is 0 Å². The van der Waals surface area contributed by atoms with Crippen molar-refractivity contribution in [2.75, 3.05) is 18.4 Å². The van der Waals surface area contributed by atoms with Crippen molar-refractivity contribution in [3.63, 3.8) is 0 Å². The van der Waals surface area contributed by atoms with Crippen molar-refractivity contribution in [2.24, 2.45) is 0 Å². The fraction of sp³-hybridized carbons (Fsp3) is 0.333. The van der Waals surface area contributed by atoms with Crippen LogP contribution in [0.25, 0.3) is 11.0 Å². The summed E-state index contributed by atoms with van der Waals surface area (Å²) in [5, 5.41) is 8.01. The Kier molecular flexibility index (Phi) is 2.10. The molecule has 1 aromatic heterocycles. The van der Waals surface area contributed by atoms with E-state index in [-0.39, 0.29) is 0 Å². The summed E-state index contributed by atoms with van der Waals surface area (Å²) < 4.78 is 5.48. The molecule has 1 fully saturated rings. The van der Waals surface area contributed by atoms with Crippen LogP contribution in [0.5, 0.6) is 0 Å². The molecule has 78 valence electrons. The molecule has 0 amide bonds. The Morgan fingerprint density at radius 3 is 3.20 bits per heavy atom. The molecule has 1 aliphatic heterocycles. The van der Waals surface area contributed by atoms with Crippen molar-refractivity contribution in [2.45, 2.75) is 12.5 Å². The first-order valence-electron chi connectivity index (χ1n) is 5.37. The second kappa shape index (κ2) is 3.59. The lowest BCUT2D eigenvalue weighted by molar-refractivity contribution is 0.615. The van der Waals surface area contributed by atoms with Gasteiger partial charge >= 0.3 is 0 Å². The van der Waals surface area contributed by atoms with Crippen molar-refractivity contribution in [3.05, 3.63) is 30.5 Å². The molecule has 2 aromatic rings. The maximum absolute atomic E-state index is 5.48. The first-order chi connectivity index (χ1) is 7.43. The average molecular weight is 202 g/mol. The number of furan rings is 1. The summed E-state index contributed by atoms with van der Waals surface area (Å²) >= 11 is 0. The van der Waals surface area contributed by atoms with E-state index < -0.39 is 0 Å². The van der Waals surface area contributed by atoms with Crippen LogP contribution in [0.4, 0.5) is 5.69 Å². The lowest BCUT2D eigenvalue weighted by atomic mass is 10.2. The number of fused-ring (bicyclic) bond motifs is 1. The smallest absolute Gasteiger partial charge is 0.156 e. The van der Waals surface area contributed by atoms with Crippen LogP contribution in [0, 0.1) is 0 Å². The van der Waals surface area contributed by atoms with Crippen LogP contribution in [0.15, 0.2) is 34.9 Å². The second-order valence-electron chi connectivity index (χ2n) is 3.98. The van der Waals surface area contributed by atoms with E-state index in [0.717, 1.165) is 29.7 Å². The fourth-order valence-corrected chi connectivity index (χ4v) is 2.10. The molecule has 0 bridgehead atoms. The number of para-hydroxylation sites is 1. The Morgan fingerprint density at radius 2 is 2.33 bits per heavy atom. The summed E-state index contributed by atoms with van der Waals surface area (Å²) in [5.41, 5.74) is 2.07. The standard InChI is InChI=1S/C12H14N2O/c1-2-9-5-7-15-12(9)11(3-1)14-10-4-6-13-8-10/h1-3,5,7,10,13-14H,4,6,8H2. The van der Waals surface area contributed by atoms with Crippen LogP contribution in [0.3, 0.4) is 0 Å². The normalized spacial score (nSPS) is 20.9. The third-order valence-electron chi connectivity index (χ3n) is 2.90. The van der Waals surface area contributed by atoms with E-state index in [1.165, 1.54) is 6.42 Å². The number of hydrogen-bond acceptors (Lipinski definition) is 3. The monoisotopic (exact) mass is 202 g/mol. The molecular weight excluding hydrogens is 188 g/mol. The second-order valence-corrected chi connectivity index (χ2v) is 3.98. The Hall–Kier alpha value is -1.48. The Morgan fingerprint density at radius 1 is 1.33 bits per heavy atom. The van der Waals surface area contributed by atoms with Gasteiger partial charge in [-0.05, 0) is 25.1 Å². The summed E-state index contributed by atoms with van der Waals surface area (Å²) in [6, 6.07) is 8.72. The highest BCUT2D eigenvalue weighted by Gasteiger charge is 2.15. The van der Waals surface area contributed by atoms with Crippen molar-refractivity contribution < 1.29 is 4.42 Å². The van der Waals surface area contributed by atoms with Gasteiger partial charge in [0, 0.05) is 18.0 Å². The van der Waals surface area contributed by atoms with Gasteiger partial charge in [-0.15, -0.1) is 0 Å². The maximum atomic E-state index is 5.48. The topological polar surface area (TPSA) is 37.2 Å². The Bertz CT molecular complexity index is 457. The maximum Gasteiger partial charge on any atom is 0.156 e. The van der Waals surface area contributed by atoms with E-state index in [1.807, 2.05) is 6.07 Å². The van der Waals surface area contributed by atoms with Gasteiger partial charge in [0.2, 0.25) is 0 Å². The summed E-state index contributed by atoms with van der Waals surface area (Å²) in [7, 11) is 0. The summed E-state index contributed by atoms with van der Waals surface area (Å²) in [5.74, 6) is 0. The molecule has 1 aromatic carbocycles.